The topological polar surface area (TPSA) is 18.5 Å². The quantitative estimate of drug-likeness (QED) is 0.650. The molecule has 88 valence electrons. The summed E-state index contributed by atoms with van der Waals surface area (Å²) in [6.45, 7) is 8.19. The summed E-state index contributed by atoms with van der Waals surface area (Å²) in [6, 6.07) is 0. The number of rotatable bonds is 5. The minimum atomic E-state index is 0.0497. The molecule has 2 nitrogen and oxygen atoms in total. The van der Waals surface area contributed by atoms with Crippen LogP contribution < -0.4 is 0 Å². The van der Waals surface area contributed by atoms with Gasteiger partial charge in [-0.2, -0.15) is 0 Å². The molecule has 0 aromatic rings. The fourth-order valence-electron chi connectivity index (χ4n) is 1.57. The molecule has 1 aliphatic rings. The van der Waals surface area contributed by atoms with Crippen molar-refractivity contribution in [3.63, 3.8) is 0 Å². The van der Waals surface area contributed by atoms with Crippen LogP contribution in [0.4, 0.5) is 0 Å². The van der Waals surface area contributed by atoms with E-state index in [1.54, 1.807) is 0 Å². The lowest BCUT2D eigenvalue weighted by atomic mass is 10.1. The summed E-state index contributed by atoms with van der Waals surface area (Å²) in [6.07, 6.45) is 7.99. The van der Waals surface area contributed by atoms with Gasteiger partial charge in [0.05, 0.1) is 6.61 Å². The van der Waals surface area contributed by atoms with Gasteiger partial charge in [0.1, 0.15) is 0 Å². The second-order valence-electron chi connectivity index (χ2n) is 4.74. The molecule has 1 rings (SSSR count). The highest BCUT2D eigenvalue weighted by Crippen LogP contribution is 2.15. The molecule has 1 fully saturated rings. The lowest BCUT2D eigenvalue weighted by molar-refractivity contribution is -0.166. The lowest BCUT2D eigenvalue weighted by Crippen LogP contribution is -2.24. The van der Waals surface area contributed by atoms with E-state index in [0.29, 0.717) is 11.8 Å². The van der Waals surface area contributed by atoms with E-state index >= 15 is 0 Å². The van der Waals surface area contributed by atoms with Crippen molar-refractivity contribution >= 4 is 0 Å². The Morgan fingerprint density at radius 3 is 2.67 bits per heavy atom. The standard InChI is InChI=1S/C13H24O2/c1-11(2)7-8-12(3)10-15-13-6-4-5-9-14-13/h7-8,11-13H,4-6,9-10H2,1-3H3. The average Bonchev–Trinajstić information content (AvgIpc) is 2.25. The summed E-state index contributed by atoms with van der Waals surface area (Å²) in [7, 11) is 0. The largest absolute Gasteiger partial charge is 0.353 e. The molecule has 0 saturated carbocycles. The van der Waals surface area contributed by atoms with Crippen molar-refractivity contribution in [3.05, 3.63) is 12.2 Å². The Bertz CT molecular complexity index is 181. The van der Waals surface area contributed by atoms with Crippen LogP contribution in [0.5, 0.6) is 0 Å². The van der Waals surface area contributed by atoms with Crippen LogP contribution >= 0.6 is 0 Å². The summed E-state index contributed by atoms with van der Waals surface area (Å²) < 4.78 is 11.2. The highest BCUT2D eigenvalue weighted by Gasteiger charge is 2.14. The van der Waals surface area contributed by atoms with Crippen molar-refractivity contribution in [3.8, 4) is 0 Å². The van der Waals surface area contributed by atoms with E-state index in [-0.39, 0.29) is 6.29 Å². The fraction of sp³-hybridized carbons (Fsp3) is 0.846. The molecule has 15 heavy (non-hydrogen) atoms. The van der Waals surface area contributed by atoms with Gasteiger partial charge in [-0.05, 0) is 31.1 Å². The summed E-state index contributed by atoms with van der Waals surface area (Å²) in [5.74, 6) is 1.11. The van der Waals surface area contributed by atoms with Gasteiger partial charge in [0.2, 0.25) is 0 Å². The number of hydrogen-bond acceptors (Lipinski definition) is 2. The molecule has 0 radical (unpaired) electrons. The summed E-state index contributed by atoms with van der Waals surface area (Å²) >= 11 is 0. The van der Waals surface area contributed by atoms with Crippen molar-refractivity contribution < 1.29 is 9.47 Å². The van der Waals surface area contributed by atoms with Crippen LogP contribution in [0, 0.1) is 11.8 Å². The first-order chi connectivity index (χ1) is 7.18. The minimum absolute atomic E-state index is 0.0497. The van der Waals surface area contributed by atoms with Crippen molar-refractivity contribution in [2.45, 2.75) is 46.3 Å². The van der Waals surface area contributed by atoms with E-state index in [9.17, 15) is 0 Å². The molecule has 0 bridgehead atoms. The molecule has 0 N–H and O–H groups in total. The Labute approximate surface area is 93.7 Å². The van der Waals surface area contributed by atoms with Gasteiger partial charge in [-0.15, -0.1) is 0 Å². The summed E-state index contributed by atoms with van der Waals surface area (Å²) in [4.78, 5) is 0. The highest BCUT2D eigenvalue weighted by molar-refractivity contribution is 4.88. The van der Waals surface area contributed by atoms with Crippen LogP contribution in [0.3, 0.4) is 0 Å². The first kappa shape index (κ1) is 12.7. The zero-order valence-corrected chi connectivity index (χ0v) is 10.2. The molecule has 1 heterocycles. The second-order valence-corrected chi connectivity index (χ2v) is 4.74. The Kier molecular flexibility index (Phi) is 5.96. The van der Waals surface area contributed by atoms with Gasteiger partial charge in [-0.1, -0.05) is 32.9 Å². The zero-order chi connectivity index (χ0) is 11.1. The molecule has 2 unspecified atom stereocenters. The maximum Gasteiger partial charge on any atom is 0.157 e. The third kappa shape index (κ3) is 5.95. The van der Waals surface area contributed by atoms with Crippen LogP contribution in [0.1, 0.15) is 40.0 Å². The Morgan fingerprint density at radius 1 is 1.27 bits per heavy atom. The van der Waals surface area contributed by atoms with Crippen LogP contribution in [-0.4, -0.2) is 19.5 Å². The van der Waals surface area contributed by atoms with Gasteiger partial charge in [-0.3, -0.25) is 0 Å². The predicted molar refractivity (Wildman–Crippen MR) is 62.7 cm³/mol. The van der Waals surface area contributed by atoms with E-state index in [0.717, 1.165) is 19.6 Å². The van der Waals surface area contributed by atoms with Crippen molar-refractivity contribution in [1.82, 2.24) is 0 Å². The zero-order valence-electron chi connectivity index (χ0n) is 10.2. The molecule has 2 heteroatoms. The van der Waals surface area contributed by atoms with Crippen LogP contribution in [-0.2, 0) is 9.47 Å². The molecule has 1 saturated heterocycles. The molecule has 1 aliphatic heterocycles. The van der Waals surface area contributed by atoms with Crippen LogP contribution in [0.25, 0.3) is 0 Å². The molecule has 0 aliphatic carbocycles. The number of hydrogen-bond donors (Lipinski definition) is 0. The van der Waals surface area contributed by atoms with Gasteiger partial charge < -0.3 is 9.47 Å². The minimum Gasteiger partial charge on any atom is -0.353 e. The molecule has 2 atom stereocenters. The third-order valence-electron chi connectivity index (χ3n) is 2.51. The molecule has 0 spiro atoms. The van der Waals surface area contributed by atoms with Crippen molar-refractivity contribution in [2.24, 2.45) is 11.8 Å². The van der Waals surface area contributed by atoms with Gasteiger partial charge in [0, 0.05) is 6.61 Å². The molecular weight excluding hydrogens is 188 g/mol. The van der Waals surface area contributed by atoms with Gasteiger partial charge in [0.25, 0.3) is 0 Å². The van der Waals surface area contributed by atoms with E-state index in [1.807, 2.05) is 0 Å². The van der Waals surface area contributed by atoms with E-state index in [4.69, 9.17) is 9.47 Å². The molecule has 0 amide bonds. The molecule has 0 aromatic carbocycles. The number of ether oxygens (including phenoxy) is 2. The van der Waals surface area contributed by atoms with E-state index < -0.39 is 0 Å². The summed E-state index contributed by atoms with van der Waals surface area (Å²) in [5.41, 5.74) is 0. The van der Waals surface area contributed by atoms with E-state index in [2.05, 4.69) is 32.9 Å². The predicted octanol–water partition coefficient (Wildman–Crippen LogP) is 3.38. The van der Waals surface area contributed by atoms with Gasteiger partial charge in [0.15, 0.2) is 6.29 Å². The number of allylic oxidation sites excluding steroid dienone is 1. The Hall–Kier alpha value is -0.340. The monoisotopic (exact) mass is 212 g/mol. The highest BCUT2D eigenvalue weighted by atomic mass is 16.7. The lowest BCUT2D eigenvalue weighted by Gasteiger charge is -2.23. The van der Waals surface area contributed by atoms with Gasteiger partial charge >= 0.3 is 0 Å². The fourth-order valence-corrected chi connectivity index (χ4v) is 1.57. The third-order valence-corrected chi connectivity index (χ3v) is 2.51. The van der Waals surface area contributed by atoms with Crippen molar-refractivity contribution in [2.75, 3.05) is 13.2 Å². The Balaban J connectivity index is 2.12. The normalized spacial score (nSPS) is 24.9. The maximum absolute atomic E-state index is 5.70. The van der Waals surface area contributed by atoms with E-state index in [1.165, 1.54) is 12.8 Å². The van der Waals surface area contributed by atoms with Crippen LogP contribution in [0.15, 0.2) is 12.2 Å². The average molecular weight is 212 g/mol. The van der Waals surface area contributed by atoms with Crippen molar-refractivity contribution in [1.29, 1.82) is 0 Å². The first-order valence-corrected chi connectivity index (χ1v) is 6.10. The maximum atomic E-state index is 5.70. The summed E-state index contributed by atoms with van der Waals surface area (Å²) in [5, 5.41) is 0. The smallest absolute Gasteiger partial charge is 0.157 e. The first-order valence-electron chi connectivity index (χ1n) is 6.10. The molecular formula is C13H24O2. The SMILES string of the molecule is CC(C)C=CC(C)COC1CCCCO1. The second kappa shape index (κ2) is 7.02. The van der Waals surface area contributed by atoms with Crippen LogP contribution in [0.2, 0.25) is 0 Å². The Morgan fingerprint density at radius 2 is 2.07 bits per heavy atom. The van der Waals surface area contributed by atoms with Gasteiger partial charge in [-0.25, -0.2) is 0 Å². The molecule has 0 aromatic heterocycles.